The minimum atomic E-state index is -0.0541. The van der Waals surface area contributed by atoms with Crippen LogP contribution in [0.2, 0.25) is 0 Å². The van der Waals surface area contributed by atoms with Gasteiger partial charge in [-0.15, -0.1) is 0 Å². The molecule has 0 atom stereocenters. The van der Waals surface area contributed by atoms with Gasteiger partial charge in [-0.2, -0.15) is 0 Å². The van der Waals surface area contributed by atoms with E-state index >= 15 is 0 Å². The van der Waals surface area contributed by atoms with Gasteiger partial charge in [0, 0.05) is 16.9 Å². The maximum Gasteiger partial charge on any atom is 0.234 e. The van der Waals surface area contributed by atoms with Crippen LogP contribution in [0.5, 0.6) is 0 Å². The lowest BCUT2D eigenvalue weighted by molar-refractivity contribution is -0.113. The zero-order valence-electron chi connectivity index (χ0n) is 17.0. The minimum Gasteiger partial charge on any atom is -0.325 e. The molecule has 0 saturated heterocycles. The lowest BCUT2D eigenvalue weighted by Crippen LogP contribution is -2.14. The number of hydrogen-bond donors (Lipinski definition) is 1. The highest BCUT2D eigenvalue weighted by Gasteiger charge is 2.15. The van der Waals surface area contributed by atoms with Gasteiger partial charge in [-0.3, -0.25) is 9.36 Å². The predicted molar refractivity (Wildman–Crippen MR) is 124 cm³/mol. The van der Waals surface area contributed by atoms with Crippen molar-refractivity contribution in [1.29, 1.82) is 0 Å². The van der Waals surface area contributed by atoms with Crippen molar-refractivity contribution in [3.63, 3.8) is 0 Å². The first-order valence-corrected chi connectivity index (χ1v) is 10.8. The normalized spacial score (nSPS) is 10.7. The number of rotatable bonds is 6. The van der Waals surface area contributed by atoms with E-state index in [2.05, 4.69) is 77.2 Å². The number of carbonyl (C=O) groups is 1. The molecule has 0 saturated carbocycles. The number of anilines is 1. The van der Waals surface area contributed by atoms with E-state index in [-0.39, 0.29) is 11.7 Å². The summed E-state index contributed by atoms with van der Waals surface area (Å²) in [5, 5.41) is 3.72. The van der Waals surface area contributed by atoms with Gasteiger partial charge in [0.15, 0.2) is 5.16 Å². The molecule has 5 heteroatoms. The molecule has 0 aliphatic carbocycles. The monoisotopic (exact) mass is 413 g/mol. The average Bonchev–Trinajstić information content (AvgIpc) is 3.18. The number of amides is 1. The summed E-state index contributed by atoms with van der Waals surface area (Å²) in [6.45, 7) is 4.15. The van der Waals surface area contributed by atoms with Crippen molar-refractivity contribution in [3.05, 3.63) is 96.2 Å². The van der Waals surface area contributed by atoms with Crippen LogP contribution in [0.25, 0.3) is 16.9 Å². The third-order valence-electron chi connectivity index (χ3n) is 4.76. The number of carbonyl (C=O) groups excluding carboxylic acids is 1. The Morgan fingerprint density at radius 3 is 2.20 bits per heavy atom. The quantitative estimate of drug-likeness (QED) is 0.401. The van der Waals surface area contributed by atoms with E-state index in [9.17, 15) is 4.79 Å². The van der Waals surface area contributed by atoms with Crippen molar-refractivity contribution >= 4 is 23.4 Å². The summed E-state index contributed by atoms with van der Waals surface area (Å²) in [7, 11) is 0. The van der Waals surface area contributed by atoms with Crippen molar-refractivity contribution in [3.8, 4) is 16.9 Å². The molecule has 4 rings (SSSR count). The largest absolute Gasteiger partial charge is 0.325 e. The molecule has 30 heavy (non-hydrogen) atoms. The van der Waals surface area contributed by atoms with Crippen LogP contribution in [-0.4, -0.2) is 21.2 Å². The number of hydrogen-bond acceptors (Lipinski definition) is 3. The number of para-hydroxylation sites is 1. The molecule has 0 aliphatic heterocycles. The third kappa shape index (κ3) is 4.63. The molecule has 4 aromatic rings. The second kappa shape index (κ2) is 9.01. The summed E-state index contributed by atoms with van der Waals surface area (Å²) in [6.07, 6.45) is 1.88. The molecule has 4 nitrogen and oxygen atoms in total. The Morgan fingerprint density at radius 1 is 0.900 bits per heavy atom. The summed E-state index contributed by atoms with van der Waals surface area (Å²) in [5.74, 6) is 0.229. The van der Waals surface area contributed by atoms with E-state index < -0.39 is 0 Å². The smallest absolute Gasteiger partial charge is 0.234 e. The second-order valence-electron chi connectivity index (χ2n) is 7.17. The number of nitrogens with one attached hydrogen (secondary N) is 1. The maximum absolute atomic E-state index is 12.4. The van der Waals surface area contributed by atoms with E-state index in [1.54, 1.807) is 0 Å². The molecule has 0 aliphatic rings. The molecule has 0 unspecified atom stereocenters. The van der Waals surface area contributed by atoms with E-state index in [4.69, 9.17) is 0 Å². The highest BCUT2D eigenvalue weighted by atomic mass is 32.2. The fourth-order valence-electron chi connectivity index (χ4n) is 3.16. The van der Waals surface area contributed by atoms with E-state index in [1.807, 2.05) is 36.5 Å². The first-order valence-electron chi connectivity index (χ1n) is 9.80. The standard InChI is InChI=1S/C25H23N3OS/c1-18-8-12-20(13-9-18)23-16-26-25(28(23)22-14-10-19(2)11-15-22)30-17-24(29)27-21-6-4-3-5-7-21/h3-16H,17H2,1-2H3,(H,27,29). The van der Waals surface area contributed by atoms with Crippen LogP contribution in [0.4, 0.5) is 5.69 Å². The van der Waals surface area contributed by atoms with Crippen LogP contribution in [0.1, 0.15) is 11.1 Å². The van der Waals surface area contributed by atoms with Gasteiger partial charge in [0.05, 0.1) is 17.6 Å². The molecule has 150 valence electrons. The van der Waals surface area contributed by atoms with Crippen molar-refractivity contribution in [2.24, 2.45) is 0 Å². The number of aromatic nitrogens is 2. The van der Waals surface area contributed by atoms with Gasteiger partial charge in [-0.1, -0.05) is 77.5 Å². The predicted octanol–water partition coefficient (Wildman–Crippen LogP) is 5.89. The first-order chi connectivity index (χ1) is 14.6. The molecular weight excluding hydrogens is 390 g/mol. The van der Waals surface area contributed by atoms with Gasteiger partial charge >= 0.3 is 0 Å². The van der Waals surface area contributed by atoms with Crippen molar-refractivity contribution in [2.45, 2.75) is 19.0 Å². The maximum atomic E-state index is 12.4. The molecule has 0 radical (unpaired) electrons. The van der Waals surface area contributed by atoms with Gasteiger partial charge in [-0.25, -0.2) is 4.98 Å². The Balaban J connectivity index is 1.61. The van der Waals surface area contributed by atoms with Gasteiger partial charge < -0.3 is 5.32 Å². The van der Waals surface area contributed by atoms with Crippen molar-refractivity contribution < 1.29 is 4.79 Å². The van der Waals surface area contributed by atoms with Crippen LogP contribution < -0.4 is 5.32 Å². The highest BCUT2D eigenvalue weighted by Crippen LogP contribution is 2.30. The fraction of sp³-hybridized carbons (Fsp3) is 0.120. The molecule has 0 fully saturated rings. The SMILES string of the molecule is Cc1ccc(-c2cnc(SCC(=O)Nc3ccccc3)n2-c2ccc(C)cc2)cc1. The van der Waals surface area contributed by atoms with Crippen LogP contribution in [-0.2, 0) is 4.79 Å². The van der Waals surface area contributed by atoms with E-state index in [0.717, 1.165) is 27.8 Å². The van der Waals surface area contributed by atoms with Gasteiger partial charge in [-0.05, 0) is 38.1 Å². The van der Waals surface area contributed by atoms with E-state index in [0.29, 0.717) is 0 Å². The lowest BCUT2D eigenvalue weighted by atomic mass is 10.1. The summed E-state index contributed by atoms with van der Waals surface area (Å²) < 4.78 is 2.12. The Labute approximate surface area is 181 Å². The molecule has 1 amide bonds. The van der Waals surface area contributed by atoms with Crippen LogP contribution >= 0.6 is 11.8 Å². The molecule has 0 bridgehead atoms. The summed E-state index contributed by atoms with van der Waals surface area (Å²) in [4.78, 5) is 17.1. The minimum absolute atomic E-state index is 0.0541. The average molecular weight is 414 g/mol. The Hall–Kier alpha value is -3.31. The van der Waals surface area contributed by atoms with E-state index in [1.165, 1.54) is 22.9 Å². The highest BCUT2D eigenvalue weighted by molar-refractivity contribution is 7.99. The second-order valence-corrected chi connectivity index (χ2v) is 8.11. The number of aryl methyl sites for hydroxylation is 2. The molecule has 1 heterocycles. The van der Waals surface area contributed by atoms with Crippen LogP contribution in [0.3, 0.4) is 0 Å². The molecule has 1 N–H and O–H groups in total. The number of nitrogens with zero attached hydrogens (tertiary/aromatic N) is 2. The molecule has 0 spiro atoms. The van der Waals surface area contributed by atoms with Crippen LogP contribution in [0.15, 0.2) is 90.2 Å². The topological polar surface area (TPSA) is 46.9 Å². The molecule has 1 aromatic heterocycles. The summed E-state index contributed by atoms with van der Waals surface area (Å²) in [5.41, 5.74) is 6.34. The van der Waals surface area contributed by atoms with Crippen molar-refractivity contribution in [2.75, 3.05) is 11.1 Å². The number of thioether (sulfide) groups is 1. The Kier molecular flexibility index (Phi) is 6.00. The number of benzene rings is 3. The lowest BCUT2D eigenvalue weighted by Gasteiger charge is -2.13. The zero-order valence-corrected chi connectivity index (χ0v) is 17.8. The molecular formula is C25H23N3OS. The van der Waals surface area contributed by atoms with Gasteiger partial charge in [0.25, 0.3) is 0 Å². The van der Waals surface area contributed by atoms with Crippen LogP contribution in [0, 0.1) is 13.8 Å². The van der Waals surface area contributed by atoms with Crippen molar-refractivity contribution in [1.82, 2.24) is 9.55 Å². The van der Waals surface area contributed by atoms with Gasteiger partial charge in [0.1, 0.15) is 0 Å². The summed E-state index contributed by atoms with van der Waals surface area (Å²) in [6, 6.07) is 26.2. The Morgan fingerprint density at radius 2 is 1.53 bits per heavy atom. The summed E-state index contributed by atoms with van der Waals surface area (Å²) >= 11 is 1.43. The first kappa shape index (κ1) is 20.0. The Bertz CT molecular complexity index is 1130. The van der Waals surface area contributed by atoms with Gasteiger partial charge in [0.2, 0.25) is 5.91 Å². The third-order valence-corrected chi connectivity index (χ3v) is 5.71. The molecule has 3 aromatic carbocycles. The zero-order chi connectivity index (χ0) is 20.9. The fourth-order valence-corrected chi connectivity index (χ4v) is 3.95. The number of imidazole rings is 1.